The first-order valence-corrected chi connectivity index (χ1v) is 13.1. The molecule has 0 saturated heterocycles. The number of nitrogens with one attached hydrogen (secondary N) is 1. The lowest BCUT2D eigenvalue weighted by Crippen LogP contribution is -2.23. The molecule has 13 heteroatoms. The Kier molecular flexibility index (Phi) is 8.37. The number of aromatic hydroxyl groups is 1. The molecule has 5 rings (SSSR count). The highest BCUT2D eigenvalue weighted by Crippen LogP contribution is 2.41. The highest BCUT2D eigenvalue weighted by atomic mass is 19.1. The minimum absolute atomic E-state index is 0.0378. The highest BCUT2D eigenvalue weighted by molar-refractivity contribution is 6.00. The van der Waals surface area contributed by atoms with Crippen LogP contribution in [0, 0.1) is 17.0 Å². The summed E-state index contributed by atoms with van der Waals surface area (Å²) in [6.07, 6.45) is 2.18. The quantitative estimate of drug-likeness (QED) is 0.104. The van der Waals surface area contributed by atoms with Crippen molar-refractivity contribution in [2.24, 2.45) is 10.7 Å². The molecule has 0 atom stereocenters. The Hall–Kier alpha value is -5.98. The zero-order chi connectivity index (χ0) is 31.4. The van der Waals surface area contributed by atoms with Crippen molar-refractivity contribution in [1.82, 2.24) is 9.88 Å². The van der Waals surface area contributed by atoms with Crippen molar-refractivity contribution in [2.45, 2.75) is 0 Å². The third kappa shape index (κ3) is 6.57. The molecule has 1 aromatic heterocycles. The SMILES string of the molecule is CN1CCN=C1c1cccc(Oc2nc(Oc3cc(C(=N)N)ccc3O)c(F)c(Oc3cccc(C=CC(=O)O)c3)c2F)c1. The number of ether oxygens (including phenoxy) is 3. The molecule has 3 aromatic carbocycles. The number of hydrogen-bond donors (Lipinski definition) is 4. The Morgan fingerprint density at radius 1 is 1.00 bits per heavy atom. The molecule has 0 bridgehead atoms. The van der Waals surface area contributed by atoms with Gasteiger partial charge in [0.1, 0.15) is 23.2 Å². The third-order valence-electron chi connectivity index (χ3n) is 6.32. The maximum absolute atomic E-state index is 15.9. The minimum Gasteiger partial charge on any atom is -0.504 e. The van der Waals surface area contributed by atoms with E-state index in [1.54, 1.807) is 24.3 Å². The molecule has 224 valence electrons. The molecular weight excluding hydrogens is 576 g/mol. The molecule has 0 spiro atoms. The van der Waals surface area contributed by atoms with Gasteiger partial charge in [-0.1, -0.05) is 24.3 Å². The van der Waals surface area contributed by atoms with Crippen LogP contribution in [0.3, 0.4) is 0 Å². The Morgan fingerprint density at radius 2 is 1.70 bits per heavy atom. The fourth-order valence-electron chi connectivity index (χ4n) is 4.19. The van der Waals surface area contributed by atoms with Gasteiger partial charge >= 0.3 is 5.97 Å². The number of likely N-dealkylation sites (N-methyl/N-ethyl adjacent to an activating group) is 1. The van der Waals surface area contributed by atoms with Crippen LogP contribution < -0.4 is 19.9 Å². The lowest BCUT2D eigenvalue weighted by atomic mass is 10.2. The van der Waals surface area contributed by atoms with E-state index in [1.807, 2.05) is 18.0 Å². The average molecular weight is 602 g/mol. The van der Waals surface area contributed by atoms with Crippen LogP contribution in [0.5, 0.6) is 40.5 Å². The number of carboxylic acids is 1. The summed E-state index contributed by atoms with van der Waals surface area (Å²) in [4.78, 5) is 21.2. The van der Waals surface area contributed by atoms with Crippen LogP contribution in [-0.4, -0.2) is 57.9 Å². The molecule has 0 unspecified atom stereocenters. The molecular formula is C31H25F2N5O6. The van der Waals surface area contributed by atoms with E-state index in [2.05, 4.69) is 9.98 Å². The van der Waals surface area contributed by atoms with Crippen LogP contribution in [0.25, 0.3) is 6.08 Å². The average Bonchev–Trinajstić information content (AvgIpc) is 3.43. The molecule has 1 aliphatic heterocycles. The number of aromatic nitrogens is 1. The Morgan fingerprint density at radius 3 is 2.39 bits per heavy atom. The lowest BCUT2D eigenvalue weighted by Gasteiger charge is -2.16. The summed E-state index contributed by atoms with van der Waals surface area (Å²) in [5.74, 6) is -6.58. The lowest BCUT2D eigenvalue weighted by molar-refractivity contribution is -0.131. The Bertz CT molecular complexity index is 1830. The fourth-order valence-corrected chi connectivity index (χ4v) is 4.19. The van der Waals surface area contributed by atoms with Crippen LogP contribution in [0.1, 0.15) is 16.7 Å². The number of hydrogen-bond acceptors (Lipinski definition) is 9. The molecule has 0 radical (unpaired) electrons. The topological polar surface area (TPSA) is 164 Å². The second-order valence-corrected chi connectivity index (χ2v) is 9.48. The number of aliphatic carboxylic acids is 1. The number of carbonyl (C=O) groups is 1. The standard InChI is InChI=1S/C31H25F2N5O6/c1-38-13-12-36-29(38)19-5-3-7-21(15-19)43-30-25(32)27(42-20-6-2-4-17(14-20)8-11-24(40)41)26(33)31(37-30)44-23-16-18(28(34)35)9-10-22(23)39/h2-11,14-16,39H,12-13H2,1H3,(H3,34,35)(H,40,41). The van der Waals surface area contributed by atoms with Crippen LogP contribution in [0.4, 0.5) is 8.78 Å². The van der Waals surface area contributed by atoms with Crippen molar-refractivity contribution in [3.05, 3.63) is 101 Å². The predicted molar refractivity (Wildman–Crippen MR) is 157 cm³/mol. The molecule has 2 heterocycles. The Labute approximate surface area is 249 Å². The molecule has 0 amide bonds. The fraction of sp³-hybridized carbons (Fsp3) is 0.0968. The van der Waals surface area contributed by atoms with E-state index in [0.717, 1.165) is 12.6 Å². The number of nitrogen functional groups attached to an aromatic ring is 1. The van der Waals surface area contributed by atoms with Crippen molar-refractivity contribution in [2.75, 3.05) is 20.1 Å². The zero-order valence-corrected chi connectivity index (χ0v) is 23.1. The predicted octanol–water partition coefficient (Wildman–Crippen LogP) is 5.52. The summed E-state index contributed by atoms with van der Waals surface area (Å²) >= 11 is 0. The van der Waals surface area contributed by atoms with E-state index in [4.69, 9.17) is 30.5 Å². The number of carboxylic acid groups (broad SMARTS) is 1. The summed E-state index contributed by atoms with van der Waals surface area (Å²) in [5, 5.41) is 26.9. The second-order valence-electron chi connectivity index (χ2n) is 9.48. The van der Waals surface area contributed by atoms with Gasteiger partial charge in [0.05, 0.1) is 6.54 Å². The zero-order valence-electron chi connectivity index (χ0n) is 23.1. The first-order valence-electron chi connectivity index (χ1n) is 13.1. The second kappa shape index (κ2) is 12.5. The molecule has 0 saturated carbocycles. The number of amidine groups is 2. The van der Waals surface area contributed by atoms with Crippen LogP contribution >= 0.6 is 0 Å². The number of nitrogens with zero attached hydrogens (tertiary/aromatic N) is 3. The minimum atomic E-state index is -1.37. The van der Waals surface area contributed by atoms with Gasteiger partial charge in [0.15, 0.2) is 11.5 Å². The summed E-state index contributed by atoms with van der Waals surface area (Å²) in [6.45, 7) is 1.36. The molecule has 1 aliphatic rings. The molecule has 0 aliphatic carbocycles. The first kappa shape index (κ1) is 29.5. The van der Waals surface area contributed by atoms with E-state index < -0.39 is 40.9 Å². The molecule has 4 aromatic rings. The number of nitrogens with two attached hydrogens (primary N) is 1. The van der Waals surface area contributed by atoms with E-state index in [9.17, 15) is 9.90 Å². The maximum atomic E-state index is 15.9. The van der Waals surface area contributed by atoms with Crippen LogP contribution in [-0.2, 0) is 4.79 Å². The van der Waals surface area contributed by atoms with Crippen molar-refractivity contribution in [1.29, 1.82) is 5.41 Å². The van der Waals surface area contributed by atoms with Gasteiger partial charge in [-0.2, -0.15) is 13.8 Å². The molecule has 44 heavy (non-hydrogen) atoms. The van der Waals surface area contributed by atoms with Gasteiger partial charge in [-0.05, 0) is 54.1 Å². The van der Waals surface area contributed by atoms with E-state index >= 15 is 8.78 Å². The van der Waals surface area contributed by atoms with Crippen molar-refractivity contribution >= 4 is 23.7 Å². The maximum Gasteiger partial charge on any atom is 0.328 e. The number of benzene rings is 3. The van der Waals surface area contributed by atoms with Crippen molar-refractivity contribution < 1.29 is 38.0 Å². The number of phenolic OH excluding ortho intramolecular Hbond substituents is 1. The van der Waals surface area contributed by atoms with Gasteiger partial charge in [0.25, 0.3) is 11.8 Å². The highest BCUT2D eigenvalue weighted by Gasteiger charge is 2.27. The van der Waals surface area contributed by atoms with E-state index in [0.29, 0.717) is 23.5 Å². The summed E-state index contributed by atoms with van der Waals surface area (Å²) in [5.41, 5.74) is 6.78. The summed E-state index contributed by atoms with van der Waals surface area (Å²) < 4.78 is 48.5. The van der Waals surface area contributed by atoms with Gasteiger partial charge in [0.2, 0.25) is 17.4 Å². The molecule has 11 nitrogen and oxygen atoms in total. The normalized spacial score (nSPS) is 12.7. The van der Waals surface area contributed by atoms with Crippen LogP contribution in [0.15, 0.2) is 77.8 Å². The largest absolute Gasteiger partial charge is 0.504 e. The van der Waals surface area contributed by atoms with Gasteiger partial charge in [-0.15, -0.1) is 0 Å². The van der Waals surface area contributed by atoms with Gasteiger partial charge in [0, 0.05) is 30.8 Å². The number of rotatable bonds is 10. The Balaban J connectivity index is 1.57. The van der Waals surface area contributed by atoms with Crippen LogP contribution in [0.2, 0.25) is 0 Å². The molecule has 0 fully saturated rings. The number of aliphatic imine (C=N–C) groups is 1. The third-order valence-corrected chi connectivity index (χ3v) is 6.32. The van der Waals surface area contributed by atoms with Gasteiger partial charge < -0.3 is 35.1 Å². The van der Waals surface area contributed by atoms with Crippen molar-refractivity contribution in [3.8, 4) is 40.5 Å². The van der Waals surface area contributed by atoms with E-state index in [-0.39, 0.29) is 28.6 Å². The number of halogens is 2. The number of phenols is 1. The summed E-state index contributed by atoms with van der Waals surface area (Å²) in [6, 6.07) is 16.2. The molecule has 5 N–H and O–H groups in total. The monoisotopic (exact) mass is 601 g/mol. The van der Waals surface area contributed by atoms with Gasteiger partial charge in [-0.3, -0.25) is 10.4 Å². The van der Waals surface area contributed by atoms with Crippen molar-refractivity contribution in [3.63, 3.8) is 0 Å². The summed E-state index contributed by atoms with van der Waals surface area (Å²) in [7, 11) is 1.89. The number of pyridine rings is 1. The first-order chi connectivity index (χ1) is 21.1. The smallest absolute Gasteiger partial charge is 0.328 e. The van der Waals surface area contributed by atoms with E-state index in [1.165, 1.54) is 42.5 Å². The van der Waals surface area contributed by atoms with Gasteiger partial charge in [-0.25, -0.2) is 4.79 Å².